The van der Waals surface area contributed by atoms with Crippen LogP contribution in [0.4, 0.5) is 0 Å². The van der Waals surface area contributed by atoms with Gasteiger partial charge in [-0.2, -0.15) is 0 Å². The minimum atomic E-state index is 0.361. The molecule has 0 rings (SSSR count). The first-order valence-corrected chi connectivity index (χ1v) is 5.46. The first-order chi connectivity index (χ1) is 5.62. The van der Waals surface area contributed by atoms with Gasteiger partial charge in [-0.05, 0) is 40.5 Å². The summed E-state index contributed by atoms with van der Waals surface area (Å²) in [5, 5.41) is 0. The third-order valence-electron chi connectivity index (χ3n) is 4.76. The Labute approximate surface area is 84.7 Å². The van der Waals surface area contributed by atoms with Crippen molar-refractivity contribution in [3.8, 4) is 0 Å². The number of hydrogen-bond donors (Lipinski definition) is 0. The van der Waals surface area contributed by atoms with Crippen molar-refractivity contribution in [2.24, 2.45) is 0 Å². The molecule has 0 aliphatic rings. The summed E-state index contributed by atoms with van der Waals surface area (Å²) in [5.74, 6) is 0. The second kappa shape index (κ2) is 3.61. The highest BCUT2D eigenvalue weighted by atomic mass is 15.4. The summed E-state index contributed by atoms with van der Waals surface area (Å²) in [6.07, 6.45) is 2.45. The van der Waals surface area contributed by atoms with Gasteiger partial charge < -0.3 is 4.48 Å². The fraction of sp³-hybridized carbons (Fsp3) is 1.00. The molecule has 0 atom stereocenters. The Kier molecular flexibility index (Phi) is 3.59. The summed E-state index contributed by atoms with van der Waals surface area (Å²) in [6.45, 7) is 14.0. The quantitative estimate of drug-likeness (QED) is 0.590. The summed E-state index contributed by atoms with van der Waals surface area (Å²) in [7, 11) is 4.71. The lowest BCUT2D eigenvalue weighted by atomic mass is 9.86. The van der Waals surface area contributed by atoms with E-state index in [4.69, 9.17) is 0 Å². The molecular formula is C12H28N+. The van der Waals surface area contributed by atoms with Gasteiger partial charge in [0.15, 0.2) is 0 Å². The first-order valence-electron chi connectivity index (χ1n) is 5.46. The lowest BCUT2D eigenvalue weighted by Crippen LogP contribution is -2.66. The zero-order chi connectivity index (χ0) is 10.9. The van der Waals surface area contributed by atoms with Crippen molar-refractivity contribution in [2.75, 3.05) is 14.1 Å². The minimum Gasteiger partial charge on any atom is -0.320 e. The van der Waals surface area contributed by atoms with Gasteiger partial charge in [-0.3, -0.25) is 0 Å². The van der Waals surface area contributed by atoms with Crippen LogP contribution in [-0.4, -0.2) is 29.7 Å². The van der Waals surface area contributed by atoms with Crippen LogP contribution < -0.4 is 0 Å². The maximum Gasteiger partial charge on any atom is 0.0932 e. The first kappa shape index (κ1) is 13.0. The van der Waals surface area contributed by atoms with Gasteiger partial charge in [-0.25, -0.2) is 0 Å². The maximum atomic E-state index is 2.37. The molecular weight excluding hydrogens is 158 g/mol. The van der Waals surface area contributed by atoms with E-state index in [0.29, 0.717) is 11.1 Å². The molecule has 13 heavy (non-hydrogen) atoms. The van der Waals surface area contributed by atoms with E-state index in [2.05, 4.69) is 55.6 Å². The van der Waals surface area contributed by atoms with Crippen molar-refractivity contribution in [1.82, 2.24) is 0 Å². The Balaban J connectivity index is 4.95. The monoisotopic (exact) mass is 186 g/mol. The van der Waals surface area contributed by atoms with Crippen molar-refractivity contribution in [3.05, 3.63) is 0 Å². The normalized spacial score (nSPS) is 14.8. The predicted molar refractivity (Wildman–Crippen MR) is 60.8 cm³/mol. The van der Waals surface area contributed by atoms with E-state index in [-0.39, 0.29) is 0 Å². The van der Waals surface area contributed by atoms with Crippen molar-refractivity contribution < 1.29 is 4.48 Å². The van der Waals surface area contributed by atoms with Gasteiger partial charge in [0, 0.05) is 0 Å². The van der Waals surface area contributed by atoms with Crippen molar-refractivity contribution in [1.29, 1.82) is 0 Å². The van der Waals surface area contributed by atoms with Gasteiger partial charge in [0.25, 0.3) is 0 Å². The molecule has 0 unspecified atom stereocenters. The van der Waals surface area contributed by atoms with E-state index in [0.717, 1.165) is 4.48 Å². The zero-order valence-corrected chi connectivity index (χ0v) is 10.9. The molecule has 0 saturated heterocycles. The van der Waals surface area contributed by atoms with Gasteiger partial charge in [-0.1, -0.05) is 13.8 Å². The van der Waals surface area contributed by atoms with Crippen LogP contribution in [0.15, 0.2) is 0 Å². The second-order valence-electron chi connectivity index (χ2n) is 5.79. The number of rotatable bonds is 4. The molecule has 0 saturated carbocycles. The number of hydrogen-bond acceptors (Lipinski definition) is 0. The summed E-state index contributed by atoms with van der Waals surface area (Å²) >= 11 is 0. The smallest absolute Gasteiger partial charge is 0.0932 e. The van der Waals surface area contributed by atoms with E-state index >= 15 is 0 Å². The number of quaternary nitrogens is 1. The molecule has 1 heteroatoms. The fourth-order valence-corrected chi connectivity index (χ4v) is 1.61. The van der Waals surface area contributed by atoms with Crippen molar-refractivity contribution in [3.63, 3.8) is 0 Å². The average molecular weight is 186 g/mol. The Hall–Kier alpha value is -0.0400. The van der Waals surface area contributed by atoms with Crippen molar-refractivity contribution in [2.45, 2.75) is 65.5 Å². The molecule has 1 nitrogen and oxygen atoms in total. The Morgan fingerprint density at radius 2 is 1.00 bits per heavy atom. The second-order valence-corrected chi connectivity index (χ2v) is 5.79. The van der Waals surface area contributed by atoms with Gasteiger partial charge in [0.2, 0.25) is 0 Å². The summed E-state index contributed by atoms with van der Waals surface area (Å²) in [5.41, 5.74) is 0.721. The predicted octanol–water partition coefficient (Wildman–Crippen LogP) is 3.44. The third kappa shape index (κ3) is 2.07. The van der Waals surface area contributed by atoms with Crippen LogP contribution >= 0.6 is 0 Å². The summed E-state index contributed by atoms with van der Waals surface area (Å²) < 4.78 is 1.09. The van der Waals surface area contributed by atoms with E-state index < -0.39 is 0 Å². The van der Waals surface area contributed by atoms with Gasteiger partial charge >= 0.3 is 0 Å². The Bertz CT molecular complexity index is 148. The fourth-order valence-electron chi connectivity index (χ4n) is 1.61. The highest BCUT2D eigenvalue weighted by Gasteiger charge is 2.45. The molecule has 0 radical (unpaired) electrons. The van der Waals surface area contributed by atoms with Crippen LogP contribution in [-0.2, 0) is 0 Å². The summed E-state index contributed by atoms with van der Waals surface area (Å²) in [4.78, 5) is 0. The van der Waals surface area contributed by atoms with E-state index in [9.17, 15) is 0 Å². The lowest BCUT2D eigenvalue weighted by molar-refractivity contribution is -0.981. The molecule has 0 N–H and O–H groups in total. The summed E-state index contributed by atoms with van der Waals surface area (Å²) in [6, 6.07) is 0. The molecule has 0 aromatic carbocycles. The van der Waals surface area contributed by atoms with Crippen LogP contribution in [0, 0.1) is 0 Å². The molecule has 0 aliphatic heterocycles. The molecule has 0 aliphatic carbocycles. The third-order valence-corrected chi connectivity index (χ3v) is 4.76. The Morgan fingerprint density at radius 3 is 1.15 bits per heavy atom. The van der Waals surface area contributed by atoms with E-state index in [1.54, 1.807) is 0 Å². The molecule has 0 aromatic heterocycles. The Morgan fingerprint density at radius 1 is 0.769 bits per heavy atom. The molecule has 0 spiro atoms. The lowest BCUT2D eigenvalue weighted by Gasteiger charge is -2.54. The van der Waals surface area contributed by atoms with E-state index in [1.807, 2.05) is 0 Å². The molecule has 0 amide bonds. The van der Waals surface area contributed by atoms with Crippen LogP contribution in [0.3, 0.4) is 0 Å². The number of nitrogens with zero attached hydrogens (tertiary/aromatic N) is 1. The highest BCUT2D eigenvalue weighted by molar-refractivity contribution is 4.76. The van der Waals surface area contributed by atoms with Gasteiger partial charge in [0.05, 0.1) is 25.2 Å². The largest absolute Gasteiger partial charge is 0.320 e. The van der Waals surface area contributed by atoms with Crippen LogP contribution in [0.5, 0.6) is 0 Å². The van der Waals surface area contributed by atoms with Crippen LogP contribution in [0.2, 0.25) is 0 Å². The minimum absolute atomic E-state index is 0.361. The molecule has 0 heterocycles. The standard InChI is InChI=1S/C12H28N/c1-9-11(3,4)13(7,8)12(5,6)10-2/h9-10H2,1-8H3/q+1. The molecule has 0 bridgehead atoms. The van der Waals surface area contributed by atoms with Gasteiger partial charge in [-0.15, -0.1) is 0 Å². The van der Waals surface area contributed by atoms with Crippen molar-refractivity contribution >= 4 is 0 Å². The van der Waals surface area contributed by atoms with Crippen LogP contribution in [0.1, 0.15) is 54.4 Å². The molecule has 0 aromatic rings. The molecule has 0 fully saturated rings. The van der Waals surface area contributed by atoms with Crippen LogP contribution in [0.25, 0.3) is 0 Å². The topological polar surface area (TPSA) is 0 Å². The average Bonchev–Trinajstić information content (AvgIpc) is 2.03. The van der Waals surface area contributed by atoms with E-state index in [1.165, 1.54) is 12.8 Å². The zero-order valence-electron chi connectivity index (χ0n) is 10.9. The SMILES string of the molecule is CCC(C)(C)[N+](C)(C)C(C)(C)CC. The molecule has 80 valence electrons. The maximum absolute atomic E-state index is 2.37. The highest BCUT2D eigenvalue weighted by Crippen LogP contribution is 2.35. The van der Waals surface area contributed by atoms with Gasteiger partial charge in [0.1, 0.15) is 0 Å².